The second kappa shape index (κ2) is 4.33. The van der Waals surface area contributed by atoms with E-state index in [9.17, 15) is 4.79 Å². The Labute approximate surface area is 83.5 Å². The largest absolute Gasteiger partial charge is 0.366 e. The number of amides is 1. The molecule has 3 heteroatoms. The van der Waals surface area contributed by atoms with Gasteiger partial charge < -0.3 is 10.6 Å². The van der Waals surface area contributed by atoms with Gasteiger partial charge in [-0.1, -0.05) is 5.92 Å². The average molecular weight is 188 g/mol. The molecular weight excluding hydrogens is 176 g/mol. The third kappa shape index (κ3) is 2.27. The number of nitrogens with two attached hydrogens (primary N) is 1. The fraction of sp³-hybridized carbons (Fsp3) is 0.182. The molecule has 3 nitrogen and oxygen atoms in total. The second-order valence-corrected chi connectivity index (χ2v) is 2.97. The zero-order valence-corrected chi connectivity index (χ0v) is 8.03. The zero-order valence-electron chi connectivity index (χ0n) is 8.03. The van der Waals surface area contributed by atoms with Crippen molar-refractivity contribution in [2.24, 2.45) is 5.73 Å². The number of terminal acetylenes is 1. The van der Waals surface area contributed by atoms with Crippen LogP contribution in [0, 0.1) is 12.3 Å². The fourth-order valence-corrected chi connectivity index (χ4v) is 1.11. The van der Waals surface area contributed by atoms with E-state index in [0.29, 0.717) is 12.1 Å². The van der Waals surface area contributed by atoms with E-state index >= 15 is 0 Å². The van der Waals surface area contributed by atoms with Gasteiger partial charge in [0.1, 0.15) is 0 Å². The monoisotopic (exact) mass is 188 g/mol. The highest BCUT2D eigenvalue weighted by Gasteiger charge is 2.01. The van der Waals surface area contributed by atoms with Crippen molar-refractivity contribution in [1.82, 2.24) is 0 Å². The summed E-state index contributed by atoms with van der Waals surface area (Å²) >= 11 is 0. The minimum absolute atomic E-state index is 0.420. The lowest BCUT2D eigenvalue weighted by atomic mass is 10.2. The van der Waals surface area contributed by atoms with Crippen LogP contribution in [0.5, 0.6) is 0 Å². The molecule has 1 rings (SSSR count). The van der Waals surface area contributed by atoms with E-state index in [1.807, 2.05) is 24.1 Å². The molecule has 2 N–H and O–H groups in total. The maximum absolute atomic E-state index is 10.8. The van der Waals surface area contributed by atoms with E-state index in [2.05, 4.69) is 5.92 Å². The number of rotatable bonds is 3. The summed E-state index contributed by atoms with van der Waals surface area (Å²) in [5.41, 5.74) is 6.58. The Hall–Kier alpha value is -1.95. The standard InChI is InChI=1S/C11H12N2O/c1-3-8-13(2)10-6-4-9(5-7-10)11(12)14/h1,4-7H,8H2,2H3,(H2,12,14). The lowest BCUT2D eigenvalue weighted by Crippen LogP contribution is -2.17. The Balaban J connectivity index is 2.84. The van der Waals surface area contributed by atoms with Gasteiger partial charge in [-0.3, -0.25) is 4.79 Å². The predicted octanol–water partition coefficient (Wildman–Crippen LogP) is 0.855. The zero-order chi connectivity index (χ0) is 10.6. The minimum Gasteiger partial charge on any atom is -0.366 e. The van der Waals surface area contributed by atoms with Gasteiger partial charge >= 0.3 is 0 Å². The summed E-state index contributed by atoms with van der Waals surface area (Å²) < 4.78 is 0. The molecule has 0 aliphatic rings. The van der Waals surface area contributed by atoms with Gasteiger partial charge in [0.25, 0.3) is 0 Å². The Kier molecular flexibility index (Phi) is 3.14. The van der Waals surface area contributed by atoms with Gasteiger partial charge in [0.15, 0.2) is 0 Å². The summed E-state index contributed by atoms with van der Waals surface area (Å²) in [5, 5.41) is 0. The van der Waals surface area contributed by atoms with Crippen LogP contribution in [0.15, 0.2) is 24.3 Å². The van der Waals surface area contributed by atoms with Crippen LogP contribution in [-0.4, -0.2) is 19.5 Å². The molecular formula is C11H12N2O. The number of nitrogens with zero attached hydrogens (tertiary/aromatic N) is 1. The summed E-state index contributed by atoms with van der Waals surface area (Å²) in [6.07, 6.45) is 5.18. The number of hydrogen-bond acceptors (Lipinski definition) is 2. The quantitative estimate of drug-likeness (QED) is 0.715. The Morgan fingerprint density at radius 1 is 1.50 bits per heavy atom. The van der Waals surface area contributed by atoms with Crippen molar-refractivity contribution >= 4 is 11.6 Å². The summed E-state index contributed by atoms with van der Waals surface area (Å²) in [6, 6.07) is 7.00. The van der Waals surface area contributed by atoms with Gasteiger partial charge in [0.2, 0.25) is 5.91 Å². The molecule has 0 radical (unpaired) electrons. The lowest BCUT2D eigenvalue weighted by molar-refractivity contribution is 0.100. The van der Waals surface area contributed by atoms with Gasteiger partial charge in [-0.05, 0) is 24.3 Å². The molecule has 0 bridgehead atoms. The van der Waals surface area contributed by atoms with Crippen molar-refractivity contribution in [3.63, 3.8) is 0 Å². The number of carbonyl (C=O) groups is 1. The first kappa shape index (κ1) is 10.1. The average Bonchev–Trinajstić information content (AvgIpc) is 2.18. The highest BCUT2D eigenvalue weighted by atomic mass is 16.1. The molecule has 0 heterocycles. The van der Waals surface area contributed by atoms with E-state index < -0.39 is 5.91 Å². The smallest absolute Gasteiger partial charge is 0.248 e. The molecule has 0 aliphatic heterocycles. The first-order valence-electron chi connectivity index (χ1n) is 4.19. The third-order valence-corrected chi connectivity index (χ3v) is 1.92. The van der Waals surface area contributed by atoms with Crippen molar-refractivity contribution in [3.05, 3.63) is 29.8 Å². The molecule has 1 aromatic rings. The molecule has 1 amide bonds. The van der Waals surface area contributed by atoms with Crippen LogP contribution in [0.1, 0.15) is 10.4 Å². The Bertz CT molecular complexity index is 362. The van der Waals surface area contributed by atoms with Crippen molar-refractivity contribution in [2.45, 2.75) is 0 Å². The molecule has 0 atom stereocenters. The van der Waals surface area contributed by atoms with Crippen LogP contribution < -0.4 is 10.6 Å². The Morgan fingerprint density at radius 3 is 2.50 bits per heavy atom. The van der Waals surface area contributed by atoms with Gasteiger partial charge in [-0.2, -0.15) is 0 Å². The summed E-state index contributed by atoms with van der Waals surface area (Å²) in [6.45, 7) is 0.538. The second-order valence-electron chi connectivity index (χ2n) is 2.97. The topological polar surface area (TPSA) is 46.3 Å². The third-order valence-electron chi connectivity index (χ3n) is 1.92. The van der Waals surface area contributed by atoms with Crippen molar-refractivity contribution < 1.29 is 4.79 Å². The first-order valence-corrected chi connectivity index (χ1v) is 4.19. The molecule has 0 fully saturated rings. The van der Waals surface area contributed by atoms with Crippen LogP contribution >= 0.6 is 0 Å². The number of carbonyl (C=O) groups excluding carboxylic acids is 1. The van der Waals surface area contributed by atoms with Crippen LogP contribution in [0.3, 0.4) is 0 Å². The van der Waals surface area contributed by atoms with Crippen LogP contribution in [0.25, 0.3) is 0 Å². The Morgan fingerprint density at radius 2 is 2.07 bits per heavy atom. The predicted molar refractivity (Wildman–Crippen MR) is 57.1 cm³/mol. The van der Waals surface area contributed by atoms with Gasteiger partial charge in [-0.15, -0.1) is 6.42 Å². The minimum atomic E-state index is -0.420. The highest BCUT2D eigenvalue weighted by Crippen LogP contribution is 2.12. The van der Waals surface area contributed by atoms with Gasteiger partial charge in [0, 0.05) is 18.3 Å². The first-order chi connectivity index (χ1) is 6.65. The highest BCUT2D eigenvalue weighted by molar-refractivity contribution is 5.93. The maximum Gasteiger partial charge on any atom is 0.248 e. The molecule has 0 saturated heterocycles. The normalized spacial score (nSPS) is 9.14. The molecule has 0 saturated carbocycles. The summed E-state index contributed by atoms with van der Waals surface area (Å²) in [7, 11) is 1.89. The van der Waals surface area contributed by atoms with Crippen LogP contribution in [0.2, 0.25) is 0 Å². The van der Waals surface area contributed by atoms with Crippen LogP contribution in [0.4, 0.5) is 5.69 Å². The molecule has 0 aromatic heterocycles. The van der Waals surface area contributed by atoms with Crippen molar-refractivity contribution in [3.8, 4) is 12.3 Å². The molecule has 14 heavy (non-hydrogen) atoms. The number of primary amides is 1. The molecule has 0 spiro atoms. The van der Waals surface area contributed by atoms with Gasteiger partial charge in [0.05, 0.1) is 6.54 Å². The van der Waals surface area contributed by atoms with E-state index in [1.54, 1.807) is 12.1 Å². The van der Waals surface area contributed by atoms with E-state index in [1.165, 1.54) is 0 Å². The van der Waals surface area contributed by atoms with E-state index in [-0.39, 0.29) is 0 Å². The molecule has 0 aliphatic carbocycles. The molecule has 72 valence electrons. The maximum atomic E-state index is 10.8. The molecule has 0 unspecified atom stereocenters. The summed E-state index contributed by atoms with van der Waals surface area (Å²) in [5.74, 6) is 2.12. The van der Waals surface area contributed by atoms with Gasteiger partial charge in [-0.25, -0.2) is 0 Å². The van der Waals surface area contributed by atoms with E-state index in [4.69, 9.17) is 12.2 Å². The number of hydrogen-bond donors (Lipinski definition) is 1. The summed E-state index contributed by atoms with van der Waals surface area (Å²) in [4.78, 5) is 12.7. The molecule has 1 aromatic carbocycles. The van der Waals surface area contributed by atoms with Crippen molar-refractivity contribution in [2.75, 3.05) is 18.5 Å². The lowest BCUT2D eigenvalue weighted by Gasteiger charge is -2.15. The van der Waals surface area contributed by atoms with Crippen molar-refractivity contribution in [1.29, 1.82) is 0 Å². The van der Waals surface area contributed by atoms with Crippen LogP contribution in [-0.2, 0) is 0 Å². The number of anilines is 1. The SMILES string of the molecule is C#CCN(C)c1ccc(C(N)=O)cc1. The number of benzene rings is 1. The van der Waals surface area contributed by atoms with E-state index in [0.717, 1.165) is 5.69 Å². The fourth-order valence-electron chi connectivity index (χ4n) is 1.11.